The lowest BCUT2D eigenvalue weighted by Crippen LogP contribution is -2.46. The second-order valence-electron chi connectivity index (χ2n) is 6.46. The van der Waals surface area contributed by atoms with Gasteiger partial charge in [-0.1, -0.05) is 30.7 Å². The molecule has 1 saturated heterocycles. The van der Waals surface area contributed by atoms with Gasteiger partial charge in [-0.25, -0.2) is 4.98 Å². The molecule has 0 bridgehead atoms. The topological polar surface area (TPSA) is 32.3 Å². The Labute approximate surface area is 167 Å². The second-order valence-corrected chi connectivity index (χ2v) is 8.44. The minimum absolute atomic E-state index is 0.314. The molecule has 0 atom stereocenters. The maximum absolute atomic E-state index is 6.26. The van der Waals surface area contributed by atoms with Gasteiger partial charge < -0.3 is 9.80 Å². The van der Waals surface area contributed by atoms with Gasteiger partial charge in [0.25, 0.3) is 0 Å². The van der Waals surface area contributed by atoms with Gasteiger partial charge in [-0.3, -0.25) is 0 Å². The molecule has 1 aliphatic heterocycles. The molecule has 136 valence electrons. The van der Waals surface area contributed by atoms with Gasteiger partial charge >= 0.3 is 0 Å². The predicted octanol–water partition coefficient (Wildman–Crippen LogP) is 5.12. The second kappa shape index (κ2) is 7.31. The Morgan fingerprint density at radius 2 is 1.73 bits per heavy atom. The van der Waals surface area contributed by atoms with Crippen LogP contribution in [0.2, 0.25) is 10.3 Å². The van der Waals surface area contributed by atoms with E-state index in [0.29, 0.717) is 5.28 Å². The monoisotopic (exact) mass is 406 g/mol. The van der Waals surface area contributed by atoms with Gasteiger partial charge in [0.2, 0.25) is 5.28 Å². The highest BCUT2D eigenvalue weighted by Gasteiger charge is 2.24. The third-order valence-corrected chi connectivity index (χ3v) is 6.35. The van der Waals surface area contributed by atoms with Crippen LogP contribution in [0.1, 0.15) is 11.8 Å². The first-order chi connectivity index (χ1) is 12.6. The Bertz CT molecular complexity index is 931. The standard InChI is InChI=1S/C19H20Cl2N4S/c1-3-24-8-10-25(11-9-24)17-16-15(13-4-6-14(20)7-5-13)12(2)26-18(16)23-19(21)22-17/h4-7H,3,8-11H2,1-2H3. The number of fused-ring (bicyclic) bond motifs is 1. The average Bonchev–Trinajstić information content (AvgIpc) is 2.97. The lowest BCUT2D eigenvalue weighted by molar-refractivity contribution is 0.271. The number of hydrogen-bond donors (Lipinski definition) is 0. The molecule has 1 aliphatic rings. The highest BCUT2D eigenvalue weighted by Crippen LogP contribution is 2.42. The Kier molecular flexibility index (Phi) is 5.06. The van der Waals surface area contributed by atoms with Crippen molar-refractivity contribution >= 4 is 50.6 Å². The maximum Gasteiger partial charge on any atom is 0.225 e. The first-order valence-corrected chi connectivity index (χ1v) is 10.3. The Hall–Kier alpha value is -1.40. The zero-order valence-electron chi connectivity index (χ0n) is 14.8. The molecule has 0 unspecified atom stereocenters. The molecule has 2 aromatic heterocycles. The van der Waals surface area contributed by atoms with Gasteiger partial charge in [0, 0.05) is 41.6 Å². The minimum atomic E-state index is 0.314. The van der Waals surface area contributed by atoms with E-state index in [1.165, 1.54) is 10.4 Å². The largest absolute Gasteiger partial charge is 0.353 e. The van der Waals surface area contributed by atoms with Gasteiger partial charge in [-0.05, 0) is 42.8 Å². The number of benzene rings is 1. The number of aryl methyl sites for hydroxylation is 1. The zero-order valence-corrected chi connectivity index (χ0v) is 17.1. The predicted molar refractivity (Wildman–Crippen MR) is 112 cm³/mol. The van der Waals surface area contributed by atoms with Crippen LogP contribution in [0.25, 0.3) is 21.3 Å². The van der Waals surface area contributed by atoms with Gasteiger partial charge in [-0.15, -0.1) is 11.3 Å². The van der Waals surface area contributed by atoms with Crippen LogP contribution < -0.4 is 4.90 Å². The Morgan fingerprint density at radius 3 is 2.38 bits per heavy atom. The van der Waals surface area contributed by atoms with Crippen LogP contribution in [-0.4, -0.2) is 47.6 Å². The van der Waals surface area contributed by atoms with Gasteiger partial charge in [0.15, 0.2) is 0 Å². The summed E-state index contributed by atoms with van der Waals surface area (Å²) < 4.78 is 0. The summed E-state index contributed by atoms with van der Waals surface area (Å²) in [7, 11) is 0. The molecule has 1 aromatic carbocycles. The molecule has 0 radical (unpaired) electrons. The molecule has 0 saturated carbocycles. The highest BCUT2D eigenvalue weighted by atomic mass is 35.5. The van der Waals surface area contributed by atoms with Crippen molar-refractivity contribution < 1.29 is 0 Å². The van der Waals surface area contributed by atoms with Crippen LogP contribution in [0, 0.1) is 6.92 Å². The molecule has 7 heteroatoms. The van der Waals surface area contributed by atoms with Crippen molar-refractivity contribution in [2.75, 3.05) is 37.6 Å². The van der Waals surface area contributed by atoms with Crippen LogP contribution >= 0.6 is 34.5 Å². The molecule has 4 nitrogen and oxygen atoms in total. The van der Waals surface area contributed by atoms with Crippen LogP contribution in [0.4, 0.5) is 5.82 Å². The third-order valence-electron chi connectivity index (χ3n) is 4.93. The molecular formula is C19H20Cl2N4S. The van der Waals surface area contributed by atoms with Crippen molar-refractivity contribution in [2.45, 2.75) is 13.8 Å². The number of thiophene rings is 1. The van der Waals surface area contributed by atoms with E-state index < -0.39 is 0 Å². The number of halogens is 2. The molecule has 1 fully saturated rings. The van der Waals surface area contributed by atoms with E-state index in [1.54, 1.807) is 11.3 Å². The van der Waals surface area contributed by atoms with E-state index in [2.05, 4.69) is 45.7 Å². The first kappa shape index (κ1) is 18.0. The fourth-order valence-electron chi connectivity index (χ4n) is 3.54. The summed E-state index contributed by atoms with van der Waals surface area (Å²) >= 11 is 14.0. The summed E-state index contributed by atoms with van der Waals surface area (Å²) in [5.74, 6) is 0.949. The van der Waals surface area contributed by atoms with E-state index in [9.17, 15) is 0 Å². The van der Waals surface area contributed by atoms with Crippen molar-refractivity contribution in [2.24, 2.45) is 0 Å². The summed E-state index contributed by atoms with van der Waals surface area (Å²) in [5, 5.41) is 2.15. The summed E-state index contributed by atoms with van der Waals surface area (Å²) in [4.78, 5) is 16.1. The number of piperazine rings is 1. The van der Waals surface area contributed by atoms with Crippen LogP contribution in [0.15, 0.2) is 24.3 Å². The molecule has 4 rings (SSSR count). The maximum atomic E-state index is 6.26. The molecule has 0 N–H and O–H groups in total. The SMILES string of the molecule is CCN1CCN(c2nc(Cl)nc3sc(C)c(-c4ccc(Cl)cc4)c23)CC1. The first-order valence-electron chi connectivity index (χ1n) is 8.76. The van der Waals surface area contributed by atoms with Gasteiger partial charge in [0.05, 0.1) is 5.39 Å². The smallest absolute Gasteiger partial charge is 0.225 e. The summed E-state index contributed by atoms with van der Waals surface area (Å²) in [6, 6.07) is 7.97. The molecular weight excluding hydrogens is 387 g/mol. The van der Waals surface area contributed by atoms with E-state index in [1.807, 2.05) is 12.1 Å². The summed E-state index contributed by atoms with van der Waals surface area (Å²) in [5.41, 5.74) is 2.32. The van der Waals surface area contributed by atoms with E-state index in [-0.39, 0.29) is 0 Å². The molecule has 3 heterocycles. The minimum Gasteiger partial charge on any atom is -0.353 e. The number of rotatable bonds is 3. The molecule has 0 amide bonds. The lowest BCUT2D eigenvalue weighted by atomic mass is 10.0. The van der Waals surface area contributed by atoms with E-state index in [0.717, 1.165) is 59.3 Å². The zero-order chi connectivity index (χ0) is 18.3. The van der Waals surface area contributed by atoms with Gasteiger partial charge in [0.1, 0.15) is 10.6 Å². The number of likely N-dealkylation sites (N-methyl/N-ethyl adjacent to an activating group) is 1. The number of nitrogens with zero attached hydrogens (tertiary/aromatic N) is 4. The number of aromatic nitrogens is 2. The summed E-state index contributed by atoms with van der Waals surface area (Å²) in [6.07, 6.45) is 0. The van der Waals surface area contributed by atoms with Crippen LogP contribution in [0.3, 0.4) is 0 Å². The van der Waals surface area contributed by atoms with Crippen molar-refractivity contribution in [1.82, 2.24) is 14.9 Å². The van der Waals surface area contributed by atoms with Crippen molar-refractivity contribution in [3.05, 3.63) is 39.4 Å². The normalized spacial score (nSPS) is 15.8. The number of hydrogen-bond acceptors (Lipinski definition) is 5. The summed E-state index contributed by atoms with van der Waals surface area (Å²) in [6.45, 7) is 9.40. The van der Waals surface area contributed by atoms with E-state index >= 15 is 0 Å². The highest BCUT2D eigenvalue weighted by molar-refractivity contribution is 7.19. The fourth-order valence-corrected chi connectivity index (χ4v) is 4.92. The van der Waals surface area contributed by atoms with Crippen LogP contribution in [0.5, 0.6) is 0 Å². The van der Waals surface area contributed by atoms with Crippen molar-refractivity contribution in [3.8, 4) is 11.1 Å². The molecule has 3 aromatic rings. The fraction of sp³-hybridized carbons (Fsp3) is 0.368. The lowest BCUT2D eigenvalue weighted by Gasteiger charge is -2.35. The van der Waals surface area contributed by atoms with Gasteiger partial charge in [-0.2, -0.15) is 4.98 Å². The molecule has 26 heavy (non-hydrogen) atoms. The van der Waals surface area contributed by atoms with E-state index in [4.69, 9.17) is 23.2 Å². The Balaban J connectivity index is 1.86. The van der Waals surface area contributed by atoms with Crippen molar-refractivity contribution in [1.29, 1.82) is 0 Å². The van der Waals surface area contributed by atoms with Crippen molar-refractivity contribution in [3.63, 3.8) is 0 Å². The average molecular weight is 407 g/mol. The van der Waals surface area contributed by atoms with Crippen LogP contribution in [-0.2, 0) is 0 Å². The molecule has 0 aliphatic carbocycles. The Morgan fingerprint density at radius 1 is 1.04 bits per heavy atom. The quantitative estimate of drug-likeness (QED) is 0.565. The molecule has 0 spiro atoms. The third kappa shape index (κ3) is 3.29. The number of anilines is 1.